The lowest BCUT2D eigenvalue weighted by molar-refractivity contribution is 0.313. The summed E-state index contributed by atoms with van der Waals surface area (Å²) < 4.78 is 12.8. The fourth-order valence-electron chi connectivity index (χ4n) is 2.52. The molecule has 1 heterocycles. The molecule has 1 saturated heterocycles. The van der Waals surface area contributed by atoms with Crippen LogP contribution < -0.4 is 5.32 Å². The quantitative estimate of drug-likeness (QED) is 0.862. The van der Waals surface area contributed by atoms with Crippen molar-refractivity contribution in [2.45, 2.75) is 25.3 Å². The van der Waals surface area contributed by atoms with E-state index >= 15 is 0 Å². The average molecular weight is 236 g/mol. The van der Waals surface area contributed by atoms with E-state index in [-0.39, 0.29) is 5.82 Å². The van der Waals surface area contributed by atoms with E-state index in [4.69, 9.17) is 0 Å². The van der Waals surface area contributed by atoms with Crippen molar-refractivity contribution in [2.75, 3.05) is 26.7 Å². The molecule has 0 bridgehead atoms. The molecule has 0 radical (unpaired) electrons. The van der Waals surface area contributed by atoms with Crippen LogP contribution in [0.15, 0.2) is 24.3 Å². The van der Waals surface area contributed by atoms with Gasteiger partial charge in [-0.15, -0.1) is 0 Å². The molecule has 3 heteroatoms. The van der Waals surface area contributed by atoms with Gasteiger partial charge in [0.05, 0.1) is 0 Å². The first-order valence-corrected chi connectivity index (χ1v) is 6.34. The molecule has 2 rings (SSSR count). The minimum absolute atomic E-state index is 0.155. The van der Waals surface area contributed by atoms with Crippen molar-refractivity contribution in [3.63, 3.8) is 0 Å². The van der Waals surface area contributed by atoms with Gasteiger partial charge in [0.1, 0.15) is 5.82 Å². The summed E-state index contributed by atoms with van der Waals surface area (Å²) in [5.74, 6) is 0.309. The van der Waals surface area contributed by atoms with E-state index in [1.807, 2.05) is 19.2 Å². The van der Waals surface area contributed by atoms with Gasteiger partial charge in [0.15, 0.2) is 0 Å². The average Bonchev–Trinajstić information content (AvgIpc) is 2.77. The number of rotatable bonds is 4. The lowest BCUT2D eigenvalue weighted by Gasteiger charge is -2.21. The van der Waals surface area contributed by atoms with Gasteiger partial charge in [-0.2, -0.15) is 0 Å². The molecule has 0 saturated carbocycles. The molecule has 17 heavy (non-hydrogen) atoms. The molecule has 2 atom stereocenters. The molecule has 2 nitrogen and oxygen atoms in total. The summed E-state index contributed by atoms with van der Waals surface area (Å²) in [5, 5.41) is 3.32. The van der Waals surface area contributed by atoms with E-state index in [1.54, 1.807) is 12.1 Å². The second-order valence-corrected chi connectivity index (χ2v) is 4.99. The van der Waals surface area contributed by atoms with Gasteiger partial charge in [-0.25, -0.2) is 4.39 Å². The Hall–Kier alpha value is -0.930. The highest BCUT2D eigenvalue weighted by molar-refractivity contribution is 5.20. The number of nitrogens with zero attached hydrogens (tertiary/aromatic N) is 1. The molecule has 2 unspecified atom stereocenters. The fourth-order valence-corrected chi connectivity index (χ4v) is 2.52. The number of likely N-dealkylation sites (N-methyl/N-ethyl adjacent to an activating group) is 1. The molecular weight excluding hydrogens is 215 g/mol. The third-order valence-corrected chi connectivity index (χ3v) is 3.65. The van der Waals surface area contributed by atoms with E-state index in [9.17, 15) is 4.39 Å². The van der Waals surface area contributed by atoms with Crippen molar-refractivity contribution >= 4 is 0 Å². The van der Waals surface area contributed by atoms with Crippen molar-refractivity contribution in [3.05, 3.63) is 35.6 Å². The van der Waals surface area contributed by atoms with Crippen LogP contribution in [0.4, 0.5) is 4.39 Å². The standard InChI is InChI=1S/C14H21FN2/c1-11(12-3-5-13(15)6-4-12)9-17-8-7-14(10-17)16-2/h3-6,11,14,16H,7-10H2,1-2H3. The van der Waals surface area contributed by atoms with E-state index < -0.39 is 0 Å². The summed E-state index contributed by atoms with van der Waals surface area (Å²) in [6, 6.07) is 7.52. The second-order valence-electron chi connectivity index (χ2n) is 4.99. The third-order valence-electron chi connectivity index (χ3n) is 3.65. The van der Waals surface area contributed by atoms with E-state index in [0.29, 0.717) is 12.0 Å². The minimum Gasteiger partial charge on any atom is -0.316 e. The zero-order valence-corrected chi connectivity index (χ0v) is 10.6. The van der Waals surface area contributed by atoms with Crippen LogP contribution in [-0.2, 0) is 0 Å². The van der Waals surface area contributed by atoms with Gasteiger partial charge in [-0.1, -0.05) is 19.1 Å². The van der Waals surface area contributed by atoms with Gasteiger partial charge in [0.2, 0.25) is 0 Å². The fraction of sp³-hybridized carbons (Fsp3) is 0.571. The second kappa shape index (κ2) is 5.61. The lowest BCUT2D eigenvalue weighted by atomic mass is 10.0. The summed E-state index contributed by atoms with van der Waals surface area (Å²) in [6.07, 6.45) is 1.23. The smallest absolute Gasteiger partial charge is 0.123 e. The van der Waals surface area contributed by atoms with Gasteiger partial charge in [0, 0.05) is 19.1 Å². The highest BCUT2D eigenvalue weighted by Crippen LogP contribution is 2.19. The zero-order chi connectivity index (χ0) is 12.3. The number of halogens is 1. The van der Waals surface area contributed by atoms with Crippen molar-refractivity contribution in [3.8, 4) is 0 Å². The number of hydrogen-bond acceptors (Lipinski definition) is 2. The summed E-state index contributed by atoms with van der Waals surface area (Å²) in [5.41, 5.74) is 1.22. The zero-order valence-electron chi connectivity index (χ0n) is 10.6. The number of hydrogen-bond donors (Lipinski definition) is 1. The highest BCUT2D eigenvalue weighted by Gasteiger charge is 2.22. The maximum Gasteiger partial charge on any atom is 0.123 e. The van der Waals surface area contributed by atoms with Gasteiger partial charge < -0.3 is 10.2 Å². The Morgan fingerprint density at radius 1 is 1.41 bits per heavy atom. The Labute approximate surface area is 103 Å². The predicted octanol–water partition coefficient (Wildman–Crippen LogP) is 2.22. The molecule has 1 N–H and O–H groups in total. The lowest BCUT2D eigenvalue weighted by Crippen LogP contribution is -2.31. The molecule has 0 spiro atoms. The van der Waals surface area contributed by atoms with Gasteiger partial charge in [-0.3, -0.25) is 0 Å². The molecule has 1 fully saturated rings. The summed E-state index contributed by atoms with van der Waals surface area (Å²) in [7, 11) is 2.03. The molecule has 0 aliphatic carbocycles. The SMILES string of the molecule is CNC1CCN(CC(C)c2ccc(F)cc2)C1. The molecule has 94 valence electrons. The number of likely N-dealkylation sites (tertiary alicyclic amines) is 1. The third kappa shape index (κ3) is 3.27. The van der Waals surface area contributed by atoms with Crippen LogP contribution in [0.1, 0.15) is 24.8 Å². The van der Waals surface area contributed by atoms with Crippen molar-refractivity contribution in [2.24, 2.45) is 0 Å². The van der Waals surface area contributed by atoms with Gasteiger partial charge >= 0.3 is 0 Å². The first-order chi connectivity index (χ1) is 8.19. The van der Waals surface area contributed by atoms with Gasteiger partial charge in [0.25, 0.3) is 0 Å². The molecule has 0 amide bonds. The Bertz CT molecular complexity index is 350. The van der Waals surface area contributed by atoms with Crippen LogP contribution >= 0.6 is 0 Å². The van der Waals surface area contributed by atoms with Crippen LogP contribution in [0.2, 0.25) is 0 Å². The van der Waals surface area contributed by atoms with Crippen LogP contribution in [0.5, 0.6) is 0 Å². The predicted molar refractivity (Wildman–Crippen MR) is 68.7 cm³/mol. The molecular formula is C14H21FN2. The monoisotopic (exact) mass is 236 g/mol. The normalized spacial score (nSPS) is 22.9. The van der Waals surface area contributed by atoms with Crippen molar-refractivity contribution in [1.82, 2.24) is 10.2 Å². The van der Waals surface area contributed by atoms with Crippen molar-refractivity contribution in [1.29, 1.82) is 0 Å². The minimum atomic E-state index is -0.155. The Kier molecular flexibility index (Phi) is 4.13. The van der Waals surface area contributed by atoms with Crippen LogP contribution in [0.25, 0.3) is 0 Å². The van der Waals surface area contributed by atoms with E-state index in [0.717, 1.165) is 19.6 Å². The molecule has 1 aromatic carbocycles. The molecule has 1 aliphatic heterocycles. The molecule has 1 aliphatic rings. The largest absolute Gasteiger partial charge is 0.316 e. The van der Waals surface area contributed by atoms with E-state index in [1.165, 1.54) is 12.0 Å². The summed E-state index contributed by atoms with van der Waals surface area (Å²) in [4.78, 5) is 2.48. The molecule has 1 aromatic rings. The summed E-state index contributed by atoms with van der Waals surface area (Å²) >= 11 is 0. The summed E-state index contributed by atoms with van der Waals surface area (Å²) in [6.45, 7) is 5.56. The van der Waals surface area contributed by atoms with Gasteiger partial charge in [-0.05, 0) is 43.6 Å². The van der Waals surface area contributed by atoms with Crippen LogP contribution in [0.3, 0.4) is 0 Å². The Morgan fingerprint density at radius 3 is 2.71 bits per heavy atom. The van der Waals surface area contributed by atoms with Crippen molar-refractivity contribution < 1.29 is 4.39 Å². The Morgan fingerprint density at radius 2 is 2.12 bits per heavy atom. The van der Waals surface area contributed by atoms with Crippen LogP contribution in [-0.4, -0.2) is 37.6 Å². The highest BCUT2D eigenvalue weighted by atomic mass is 19.1. The number of nitrogens with one attached hydrogen (secondary N) is 1. The number of benzene rings is 1. The van der Waals surface area contributed by atoms with E-state index in [2.05, 4.69) is 17.1 Å². The molecule has 0 aromatic heterocycles. The maximum absolute atomic E-state index is 12.8. The maximum atomic E-state index is 12.8. The first kappa shape index (κ1) is 12.5. The first-order valence-electron chi connectivity index (χ1n) is 6.34. The van der Waals surface area contributed by atoms with Crippen LogP contribution in [0, 0.1) is 5.82 Å². The Balaban J connectivity index is 1.89. The topological polar surface area (TPSA) is 15.3 Å².